The maximum atomic E-state index is 8.75. The van der Waals surface area contributed by atoms with Crippen molar-refractivity contribution in [2.75, 3.05) is 0 Å². The van der Waals surface area contributed by atoms with Crippen molar-refractivity contribution in [2.24, 2.45) is 5.73 Å². The summed E-state index contributed by atoms with van der Waals surface area (Å²) in [5.41, 5.74) is 10.2. The van der Waals surface area contributed by atoms with E-state index in [4.69, 9.17) is 15.7 Å². The van der Waals surface area contributed by atoms with E-state index in [2.05, 4.69) is 6.07 Å². The van der Waals surface area contributed by atoms with Crippen LogP contribution in [0.5, 0.6) is 5.75 Å². The zero-order valence-corrected chi connectivity index (χ0v) is 13.7. The summed E-state index contributed by atoms with van der Waals surface area (Å²) in [6, 6.07) is 16.0. The van der Waals surface area contributed by atoms with Crippen molar-refractivity contribution in [3.8, 4) is 11.8 Å². The van der Waals surface area contributed by atoms with Gasteiger partial charge in [0.1, 0.15) is 12.4 Å². The summed E-state index contributed by atoms with van der Waals surface area (Å²) in [5.74, 6) is 0.895. The molecule has 116 valence electrons. The monoisotopic (exact) mass is 316 g/mol. The quantitative estimate of drug-likeness (QED) is 0.898. The summed E-state index contributed by atoms with van der Waals surface area (Å²) < 4.78 is 5.94. The molecule has 0 saturated carbocycles. The van der Waals surface area contributed by atoms with Crippen LogP contribution in [0.1, 0.15) is 34.7 Å². The van der Waals surface area contributed by atoms with E-state index in [9.17, 15) is 0 Å². The Morgan fingerprint density at radius 2 is 1.73 bits per heavy atom. The van der Waals surface area contributed by atoms with Crippen molar-refractivity contribution in [1.82, 2.24) is 0 Å². The zero-order valence-electron chi connectivity index (χ0n) is 12.9. The predicted molar refractivity (Wildman–Crippen MR) is 91.1 cm³/mol. The van der Waals surface area contributed by atoms with Gasteiger partial charge in [0.15, 0.2) is 0 Å². The topological polar surface area (TPSA) is 59.0 Å². The van der Waals surface area contributed by atoms with Gasteiger partial charge in [0.05, 0.1) is 12.5 Å². The number of aryl methyl sites for hydroxylation is 2. The van der Waals surface area contributed by atoms with Gasteiger partial charge in [-0.15, -0.1) is 12.4 Å². The highest BCUT2D eigenvalue weighted by Crippen LogP contribution is 2.28. The molecule has 0 aliphatic rings. The summed E-state index contributed by atoms with van der Waals surface area (Å²) in [7, 11) is 0. The molecule has 0 unspecified atom stereocenters. The van der Waals surface area contributed by atoms with E-state index >= 15 is 0 Å². The van der Waals surface area contributed by atoms with Crippen molar-refractivity contribution in [3.05, 3.63) is 64.7 Å². The fourth-order valence-corrected chi connectivity index (χ4v) is 2.37. The van der Waals surface area contributed by atoms with Crippen LogP contribution >= 0.6 is 12.4 Å². The molecular weight excluding hydrogens is 296 g/mol. The third-order valence-corrected chi connectivity index (χ3v) is 3.45. The number of benzene rings is 2. The zero-order chi connectivity index (χ0) is 15.2. The summed E-state index contributed by atoms with van der Waals surface area (Å²) in [4.78, 5) is 0. The first kappa shape index (κ1) is 18.0. The Morgan fingerprint density at radius 3 is 2.27 bits per heavy atom. The van der Waals surface area contributed by atoms with Crippen molar-refractivity contribution in [1.29, 1.82) is 5.26 Å². The lowest BCUT2D eigenvalue weighted by Gasteiger charge is -2.16. The molecule has 2 aromatic carbocycles. The van der Waals surface area contributed by atoms with Crippen LogP contribution in [0.3, 0.4) is 0 Å². The van der Waals surface area contributed by atoms with Crippen molar-refractivity contribution in [2.45, 2.75) is 32.9 Å². The first-order chi connectivity index (χ1) is 10.1. The van der Waals surface area contributed by atoms with Gasteiger partial charge in [0.25, 0.3) is 0 Å². The number of rotatable bonds is 5. The fraction of sp³-hybridized carbons (Fsp3) is 0.278. The molecule has 0 heterocycles. The molecule has 0 fully saturated rings. The molecule has 2 rings (SSSR count). The number of nitrogens with two attached hydrogens (primary N) is 1. The molecule has 2 N–H and O–H groups in total. The summed E-state index contributed by atoms with van der Waals surface area (Å²) >= 11 is 0. The van der Waals surface area contributed by atoms with Gasteiger partial charge >= 0.3 is 0 Å². The molecule has 0 aromatic heterocycles. The average molecular weight is 317 g/mol. The van der Waals surface area contributed by atoms with E-state index in [1.807, 2.05) is 56.3 Å². The smallest absolute Gasteiger partial charge is 0.125 e. The number of ether oxygens (including phenoxy) is 1. The van der Waals surface area contributed by atoms with E-state index in [0.717, 1.165) is 28.0 Å². The maximum absolute atomic E-state index is 8.75. The van der Waals surface area contributed by atoms with Gasteiger partial charge in [-0.1, -0.05) is 42.5 Å². The Labute approximate surface area is 138 Å². The van der Waals surface area contributed by atoms with Crippen LogP contribution in [-0.4, -0.2) is 0 Å². The van der Waals surface area contributed by atoms with Gasteiger partial charge in [-0.3, -0.25) is 0 Å². The lowest BCUT2D eigenvalue weighted by Crippen LogP contribution is -2.10. The fourth-order valence-electron chi connectivity index (χ4n) is 2.37. The lowest BCUT2D eigenvalue weighted by atomic mass is 9.99. The van der Waals surface area contributed by atoms with Gasteiger partial charge in [-0.25, -0.2) is 0 Å². The summed E-state index contributed by atoms with van der Waals surface area (Å²) in [6.07, 6.45) is 0.323. The Morgan fingerprint density at radius 1 is 1.14 bits per heavy atom. The van der Waals surface area contributed by atoms with Gasteiger partial charge in [-0.05, 0) is 36.1 Å². The molecule has 3 nitrogen and oxygen atoms in total. The summed E-state index contributed by atoms with van der Waals surface area (Å²) in [5, 5.41) is 8.75. The second kappa shape index (κ2) is 8.43. The Bertz CT molecular complexity index is 627. The molecule has 4 heteroatoms. The highest BCUT2D eigenvalue weighted by Gasteiger charge is 2.11. The van der Waals surface area contributed by atoms with E-state index in [-0.39, 0.29) is 18.4 Å². The van der Waals surface area contributed by atoms with Gasteiger partial charge < -0.3 is 10.5 Å². The molecular formula is C18H21ClN2O. The van der Waals surface area contributed by atoms with Crippen LogP contribution in [0.2, 0.25) is 0 Å². The second-order valence-corrected chi connectivity index (χ2v) is 5.23. The van der Waals surface area contributed by atoms with Crippen LogP contribution in [0.25, 0.3) is 0 Å². The second-order valence-electron chi connectivity index (χ2n) is 5.23. The van der Waals surface area contributed by atoms with E-state index in [1.54, 1.807) is 0 Å². The molecule has 0 radical (unpaired) electrons. The average Bonchev–Trinajstić information content (AvgIpc) is 2.47. The number of hydrogen-bond donors (Lipinski definition) is 1. The standard InChI is InChI=1S/C18H20N2O.ClH/c1-13-10-16(17(20)8-9-19)11-14(2)18(13)21-12-15-6-4-3-5-7-15;/h3-7,10-11,17H,8,12,20H2,1-2H3;1H/t17-;/m0./s1. The molecule has 0 saturated heterocycles. The van der Waals surface area contributed by atoms with Crippen molar-refractivity contribution < 1.29 is 4.74 Å². The SMILES string of the molecule is Cc1cc([C@@H](N)CC#N)cc(C)c1OCc1ccccc1.Cl. The van der Waals surface area contributed by atoms with Crippen LogP contribution in [0.15, 0.2) is 42.5 Å². The van der Waals surface area contributed by atoms with Crippen LogP contribution < -0.4 is 10.5 Å². The molecule has 1 atom stereocenters. The minimum Gasteiger partial charge on any atom is -0.488 e. The van der Waals surface area contributed by atoms with Gasteiger partial charge in [-0.2, -0.15) is 5.26 Å². The number of hydrogen-bond acceptors (Lipinski definition) is 3. The molecule has 0 amide bonds. The first-order valence-electron chi connectivity index (χ1n) is 7.02. The van der Waals surface area contributed by atoms with Crippen LogP contribution in [0, 0.1) is 25.2 Å². The highest BCUT2D eigenvalue weighted by molar-refractivity contribution is 5.85. The normalized spacial score (nSPS) is 11.2. The number of halogens is 1. The Kier molecular flexibility index (Phi) is 6.91. The van der Waals surface area contributed by atoms with Crippen molar-refractivity contribution in [3.63, 3.8) is 0 Å². The molecule has 0 aliphatic carbocycles. The predicted octanol–water partition coefficient (Wildman–Crippen LogP) is 4.22. The van der Waals surface area contributed by atoms with E-state index in [1.165, 1.54) is 0 Å². The van der Waals surface area contributed by atoms with E-state index < -0.39 is 0 Å². The molecule has 22 heavy (non-hydrogen) atoms. The number of nitriles is 1. The highest BCUT2D eigenvalue weighted by atomic mass is 35.5. The Hall–Kier alpha value is -2.02. The molecule has 0 spiro atoms. The third-order valence-electron chi connectivity index (χ3n) is 3.45. The van der Waals surface area contributed by atoms with E-state index in [0.29, 0.717) is 13.0 Å². The summed E-state index contributed by atoms with van der Waals surface area (Å²) in [6.45, 7) is 4.57. The lowest BCUT2D eigenvalue weighted by molar-refractivity contribution is 0.302. The third kappa shape index (κ3) is 4.49. The number of nitrogens with zero attached hydrogens (tertiary/aromatic N) is 1. The molecule has 0 aliphatic heterocycles. The molecule has 2 aromatic rings. The van der Waals surface area contributed by atoms with Gasteiger partial charge in [0.2, 0.25) is 0 Å². The first-order valence-corrected chi connectivity index (χ1v) is 7.02. The van der Waals surface area contributed by atoms with Crippen LogP contribution in [0.4, 0.5) is 0 Å². The Balaban J connectivity index is 0.00000242. The van der Waals surface area contributed by atoms with Crippen molar-refractivity contribution >= 4 is 12.4 Å². The minimum atomic E-state index is -0.240. The van der Waals surface area contributed by atoms with Crippen LogP contribution in [-0.2, 0) is 6.61 Å². The maximum Gasteiger partial charge on any atom is 0.125 e. The largest absolute Gasteiger partial charge is 0.488 e. The molecule has 0 bridgehead atoms. The van der Waals surface area contributed by atoms with Gasteiger partial charge in [0, 0.05) is 6.04 Å². The minimum absolute atomic E-state index is 0.